The predicted molar refractivity (Wildman–Crippen MR) is 110 cm³/mol. The zero-order valence-electron chi connectivity index (χ0n) is 19.7. The molecule has 38 heavy (non-hydrogen) atoms. The van der Waals surface area contributed by atoms with Gasteiger partial charge in [-0.25, -0.2) is 4.39 Å². The van der Waals surface area contributed by atoms with E-state index in [-0.39, 0.29) is 4.90 Å². The van der Waals surface area contributed by atoms with Gasteiger partial charge in [-0.05, 0) is 25.0 Å². The molecule has 0 spiro atoms. The van der Waals surface area contributed by atoms with Gasteiger partial charge in [0.1, 0.15) is 30.3 Å². The molecule has 0 fully saturated rings. The molecular weight excluding hydrogens is 545 g/mol. The number of amides is 3. The van der Waals surface area contributed by atoms with Gasteiger partial charge in [0.25, 0.3) is 17.7 Å². The van der Waals surface area contributed by atoms with Gasteiger partial charge in [-0.1, -0.05) is 13.8 Å². The number of aliphatic hydroxyl groups is 1. The summed E-state index contributed by atoms with van der Waals surface area (Å²) in [6, 6.07) is -0.757. The number of benzene rings is 1. The fourth-order valence-corrected chi connectivity index (χ4v) is 3.72. The van der Waals surface area contributed by atoms with Crippen LogP contribution in [0, 0.1) is 5.82 Å². The number of halogens is 9. The Morgan fingerprint density at radius 3 is 2.13 bits per heavy atom. The van der Waals surface area contributed by atoms with Gasteiger partial charge in [-0.3, -0.25) is 19.3 Å². The molecule has 2 unspecified atom stereocenters. The number of fused-ring (bicyclic) bond motifs is 1. The topological polar surface area (TPSA) is 113 Å². The third-order valence-electron chi connectivity index (χ3n) is 5.75. The van der Waals surface area contributed by atoms with Gasteiger partial charge in [0.2, 0.25) is 5.60 Å². The second kappa shape index (κ2) is 10.5. The molecular formula is C21H22F9N3O5. The van der Waals surface area contributed by atoms with Crippen molar-refractivity contribution in [1.82, 2.24) is 4.90 Å². The SMILES string of the molecule is CC[C@H]1Oc2ccc(F)cc2N(CC(F)(F)F)C(=O)C1N(CC(F)(F)C(F)(F)F)C(=O)C(O)(CC)C(N)=O. The van der Waals surface area contributed by atoms with E-state index in [1.807, 2.05) is 0 Å². The molecule has 3 amide bonds. The zero-order chi connectivity index (χ0) is 29.4. The monoisotopic (exact) mass is 567 g/mol. The molecule has 1 heterocycles. The molecule has 17 heteroatoms. The van der Waals surface area contributed by atoms with Crippen molar-refractivity contribution in [3.63, 3.8) is 0 Å². The Labute approximate surface area is 209 Å². The van der Waals surface area contributed by atoms with Crippen molar-refractivity contribution in [2.75, 3.05) is 18.0 Å². The lowest BCUT2D eigenvalue weighted by Crippen LogP contribution is -2.67. The summed E-state index contributed by atoms with van der Waals surface area (Å²) in [5, 5.41) is 10.5. The van der Waals surface area contributed by atoms with Crippen LogP contribution >= 0.6 is 0 Å². The number of nitrogens with zero attached hydrogens (tertiary/aromatic N) is 2. The highest BCUT2D eigenvalue weighted by atomic mass is 19.4. The van der Waals surface area contributed by atoms with Gasteiger partial charge in [-0.15, -0.1) is 0 Å². The van der Waals surface area contributed by atoms with Gasteiger partial charge in [0.05, 0.1) is 12.2 Å². The lowest BCUT2D eigenvalue weighted by Gasteiger charge is -2.40. The van der Waals surface area contributed by atoms with E-state index in [1.54, 1.807) is 0 Å². The maximum atomic E-state index is 14.2. The van der Waals surface area contributed by atoms with Crippen LogP contribution in [0.1, 0.15) is 26.7 Å². The number of ether oxygens (including phenoxy) is 1. The number of alkyl halides is 8. The Bertz CT molecular complexity index is 1080. The van der Waals surface area contributed by atoms with Crippen LogP contribution in [0.2, 0.25) is 0 Å². The molecule has 3 N–H and O–H groups in total. The third kappa shape index (κ3) is 6.07. The van der Waals surface area contributed by atoms with E-state index < -0.39 is 102 Å². The molecule has 1 aliphatic heterocycles. The quantitative estimate of drug-likeness (QED) is 0.371. The Hall–Kier alpha value is -3.24. The van der Waals surface area contributed by atoms with E-state index in [4.69, 9.17) is 10.5 Å². The Kier molecular flexibility index (Phi) is 8.56. The summed E-state index contributed by atoms with van der Waals surface area (Å²) in [5.41, 5.74) is 0.677. The van der Waals surface area contributed by atoms with Crippen LogP contribution in [0.5, 0.6) is 5.75 Å². The van der Waals surface area contributed by atoms with E-state index >= 15 is 0 Å². The first-order valence-corrected chi connectivity index (χ1v) is 10.8. The van der Waals surface area contributed by atoms with Crippen molar-refractivity contribution in [1.29, 1.82) is 0 Å². The van der Waals surface area contributed by atoms with Crippen LogP contribution in [0.15, 0.2) is 18.2 Å². The summed E-state index contributed by atoms with van der Waals surface area (Å²) in [5.74, 6) is -13.5. The number of carbonyl (C=O) groups excluding carboxylic acids is 3. The van der Waals surface area contributed by atoms with Crippen molar-refractivity contribution in [2.24, 2.45) is 5.73 Å². The van der Waals surface area contributed by atoms with E-state index in [1.165, 1.54) is 6.92 Å². The number of hydrogen-bond acceptors (Lipinski definition) is 5. The molecule has 2 rings (SSSR count). The molecule has 1 aliphatic rings. The Morgan fingerprint density at radius 1 is 1.11 bits per heavy atom. The van der Waals surface area contributed by atoms with Gasteiger partial charge in [0.15, 0.2) is 0 Å². The number of hydrogen-bond donors (Lipinski definition) is 2. The fourth-order valence-electron chi connectivity index (χ4n) is 3.72. The Morgan fingerprint density at radius 2 is 1.68 bits per heavy atom. The highest BCUT2D eigenvalue weighted by Gasteiger charge is 2.62. The second-order valence-electron chi connectivity index (χ2n) is 8.37. The number of rotatable bonds is 8. The van der Waals surface area contributed by atoms with Gasteiger partial charge < -0.3 is 20.5 Å². The zero-order valence-corrected chi connectivity index (χ0v) is 19.7. The molecule has 1 aromatic rings. The van der Waals surface area contributed by atoms with Crippen LogP contribution in [0.4, 0.5) is 45.2 Å². The minimum atomic E-state index is -6.34. The van der Waals surface area contributed by atoms with Crippen molar-refractivity contribution >= 4 is 23.4 Å². The summed E-state index contributed by atoms with van der Waals surface area (Å²) in [4.78, 5) is 37.6. The molecule has 0 saturated carbocycles. The fraction of sp³-hybridized carbons (Fsp3) is 0.571. The molecule has 214 valence electrons. The van der Waals surface area contributed by atoms with E-state index in [9.17, 15) is 59.0 Å². The standard InChI is InChI=1S/C21H22F9N3O5/c1-3-12-14(15(34)32(9-20(25,26)27)11-7-10(22)5-6-13(11)38-12)33(8-19(23,24)21(28,29)30)17(36)18(37,4-2)16(31)35/h5-7,12,14,37H,3-4,8-9H2,1-2H3,(H2,31,35)/t12-,14?,18?/m1/s1. The summed E-state index contributed by atoms with van der Waals surface area (Å²) >= 11 is 0. The summed E-state index contributed by atoms with van der Waals surface area (Å²) < 4.78 is 127. The first-order chi connectivity index (χ1) is 17.2. The van der Waals surface area contributed by atoms with Crippen molar-refractivity contribution in [3.8, 4) is 5.75 Å². The molecule has 3 atom stereocenters. The normalized spacial score (nSPS) is 20.2. The molecule has 0 aliphatic carbocycles. The molecule has 8 nitrogen and oxygen atoms in total. The van der Waals surface area contributed by atoms with Crippen molar-refractivity contribution in [3.05, 3.63) is 24.0 Å². The average Bonchev–Trinajstić information content (AvgIpc) is 2.89. The van der Waals surface area contributed by atoms with Crippen molar-refractivity contribution < 1.29 is 63.7 Å². The lowest BCUT2D eigenvalue weighted by atomic mass is 9.94. The summed E-state index contributed by atoms with van der Waals surface area (Å²) in [7, 11) is 0. The molecule has 0 bridgehead atoms. The average molecular weight is 567 g/mol. The number of nitrogens with two attached hydrogens (primary N) is 1. The van der Waals surface area contributed by atoms with E-state index in [0.717, 1.165) is 13.0 Å². The highest BCUT2D eigenvalue weighted by molar-refractivity contribution is 6.10. The van der Waals surface area contributed by atoms with Crippen LogP contribution in [-0.4, -0.2) is 76.8 Å². The highest BCUT2D eigenvalue weighted by Crippen LogP contribution is 2.41. The van der Waals surface area contributed by atoms with Crippen LogP contribution in [0.25, 0.3) is 0 Å². The van der Waals surface area contributed by atoms with Gasteiger partial charge >= 0.3 is 18.3 Å². The third-order valence-corrected chi connectivity index (χ3v) is 5.75. The molecule has 1 aromatic carbocycles. The van der Waals surface area contributed by atoms with E-state index in [0.29, 0.717) is 12.1 Å². The summed E-state index contributed by atoms with van der Waals surface area (Å²) in [6.45, 7) is -2.77. The van der Waals surface area contributed by atoms with Gasteiger partial charge in [0, 0.05) is 6.07 Å². The molecule has 0 saturated heterocycles. The van der Waals surface area contributed by atoms with Crippen molar-refractivity contribution in [2.45, 2.75) is 62.7 Å². The smallest absolute Gasteiger partial charge is 0.455 e. The largest absolute Gasteiger partial charge is 0.486 e. The second-order valence-corrected chi connectivity index (χ2v) is 8.37. The number of primary amides is 1. The number of anilines is 1. The van der Waals surface area contributed by atoms with E-state index in [2.05, 4.69) is 0 Å². The molecule has 0 radical (unpaired) electrons. The van der Waals surface area contributed by atoms with Crippen LogP contribution in [-0.2, 0) is 14.4 Å². The van der Waals surface area contributed by atoms with Crippen LogP contribution in [0.3, 0.4) is 0 Å². The Balaban J connectivity index is 2.83. The van der Waals surface area contributed by atoms with Gasteiger partial charge in [-0.2, -0.15) is 35.1 Å². The van der Waals surface area contributed by atoms with Crippen LogP contribution < -0.4 is 15.4 Å². The maximum Gasteiger partial charge on any atom is 0.455 e. The lowest BCUT2D eigenvalue weighted by molar-refractivity contribution is -0.287. The molecule has 0 aromatic heterocycles. The summed E-state index contributed by atoms with van der Waals surface area (Å²) in [6.07, 6.45) is -14.9. The minimum Gasteiger partial charge on any atom is -0.486 e. The first-order valence-electron chi connectivity index (χ1n) is 10.8. The minimum absolute atomic E-state index is 0.194. The number of carbonyl (C=O) groups is 3. The first kappa shape index (κ1) is 31.0. The predicted octanol–water partition coefficient (Wildman–Crippen LogP) is 2.91. The maximum absolute atomic E-state index is 14.2.